The molecule has 3 nitrogen and oxygen atoms in total. The molecule has 9 rings (SSSR count). The molecule has 0 aromatic heterocycles. The zero-order valence-electron chi connectivity index (χ0n) is 43.9. The number of hydrogen-bond donors (Lipinski definition) is 0. The number of hydrogen-bond acceptors (Lipinski definition) is 3. The predicted molar refractivity (Wildman–Crippen MR) is 295 cm³/mol. The van der Waals surface area contributed by atoms with Gasteiger partial charge in [-0.25, -0.2) is 0 Å². The first-order chi connectivity index (χ1) is 32.4. The maximum absolute atomic E-state index is 7.10. The molecule has 5 aliphatic rings. The topological polar surface area (TPSA) is 15.7 Å². The Labute approximate surface area is 453 Å². The zero-order chi connectivity index (χ0) is 49.0. The second kappa shape index (κ2) is 25.8. The van der Waals surface area contributed by atoms with Gasteiger partial charge in [-0.1, -0.05) is 142 Å². The van der Waals surface area contributed by atoms with Crippen molar-refractivity contribution in [1.29, 1.82) is 0 Å². The largest absolute Gasteiger partial charge is 2.00 e. The van der Waals surface area contributed by atoms with Gasteiger partial charge in [0.1, 0.15) is 11.5 Å². The van der Waals surface area contributed by atoms with E-state index < -0.39 is 15.8 Å². The number of benzene rings is 4. The standard InChI is InChI=1S/C53H64N2OP2.2C5H5.2Fe/c1-35-31-39(52(7,8)57(41-23-17-15-18-24-41)47-29-21-27-43(47)37(3)54(11)12)33-45-49(35)56-50-36(2)32-40(34-46(50)51(45,5)6)53(9,10)58(42-25-19-16-20-26-42)48-30-22-28-44(48)38(4)55(13)14;2*1-2-4-5-3-1;;/h15-34,37-38H,1-14H3;2*1-5H;;/q;;;2*+2/t37-,38-,57?,58?;;;;/m0..../s1. The molecule has 0 N–H and O–H groups in total. The smallest absolute Gasteiger partial charge is 0.456 e. The van der Waals surface area contributed by atoms with E-state index in [1.54, 1.807) is 0 Å². The van der Waals surface area contributed by atoms with Gasteiger partial charge in [0.25, 0.3) is 0 Å². The van der Waals surface area contributed by atoms with Crippen molar-refractivity contribution in [2.75, 3.05) is 28.2 Å². The molecule has 0 amide bonds. The predicted octanol–water partition coefficient (Wildman–Crippen LogP) is 14.2. The van der Waals surface area contributed by atoms with Crippen molar-refractivity contribution in [3.63, 3.8) is 0 Å². The Morgan fingerprint density at radius 2 is 0.786 bits per heavy atom. The van der Waals surface area contributed by atoms with Crippen molar-refractivity contribution in [3.05, 3.63) is 244 Å². The summed E-state index contributed by atoms with van der Waals surface area (Å²) in [6.07, 6.45) is 34.0. The summed E-state index contributed by atoms with van der Waals surface area (Å²) in [4.78, 5) is 4.66. The minimum Gasteiger partial charge on any atom is -0.456 e. The van der Waals surface area contributed by atoms with Crippen LogP contribution in [0.25, 0.3) is 0 Å². The molecule has 364 valence electrons. The van der Waals surface area contributed by atoms with E-state index in [-0.39, 0.29) is 49.9 Å². The fraction of sp³-hybridized carbons (Fsp3) is 0.302. The molecule has 70 heavy (non-hydrogen) atoms. The molecule has 4 aromatic rings. The zero-order valence-corrected chi connectivity index (χ0v) is 47.9. The molecule has 0 bridgehead atoms. The van der Waals surface area contributed by atoms with Crippen LogP contribution in [0.3, 0.4) is 0 Å². The van der Waals surface area contributed by atoms with E-state index >= 15 is 0 Å². The minimum atomic E-state index is -0.774. The molecular formula is C63H74Fe2N2OP2+4. The van der Waals surface area contributed by atoms with Gasteiger partial charge in [-0.3, -0.25) is 0 Å². The van der Waals surface area contributed by atoms with Gasteiger partial charge in [-0.05, 0) is 191 Å². The van der Waals surface area contributed by atoms with Gasteiger partial charge >= 0.3 is 34.1 Å². The van der Waals surface area contributed by atoms with E-state index in [0.717, 1.165) is 11.5 Å². The van der Waals surface area contributed by atoms with Crippen LogP contribution in [0.5, 0.6) is 11.5 Å². The van der Waals surface area contributed by atoms with E-state index in [4.69, 9.17) is 4.74 Å². The Morgan fingerprint density at radius 1 is 0.471 bits per heavy atom. The Balaban J connectivity index is 0.000000677. The van der Waals surface area contributed by atoms with Crippen molar-refractivity contribution in [3.8, 4) is 11.5 Å². The van der Waals surface area contributed by atoms with Crippen LogP contribution < -0.4 is 15.3 Å². The summed E-state index contributed by atoms with van der Waals surface area (Å²) in [5.41, 5.74) is 10.3. The molecule has 4 fully saturated rings. The molecule has 4 atom stereocenters. The van der Waals surface area contributed by atoms with E-state index in [1.807, 2.05) is 64.2 Å². The second-order valence-electron chi connectivity index (χ2n) is 20.5. The molecule has 0 spiro atoms. The third-order valence-electron chi connectivity index (χ3n) is 14.4. The summed E-state index contributed by atoms with van der Waals surface area (Å²) in [5.74, 6) is 4.87. The molecule has 20 radical (unpaired) electrons. The molecular weight excluding hydrogens is 974 g/mol. The van der Waals surface area contributed by atoms with E-state index in [9.17, 15) is 0 Å². The third-order valence-corrected chi connectivity index (χ3v) is 20.5. The van der Waals surface area contributed by atoms with Gasteiger partial charge in [-0.15, -0.1) is 0 Å². The first-order valence-electron chi connectivity index (χ1n) is 24.2. The van der Waals surface area contributed by atoms with Gasteiger partial charge in [0.05, 0.1) is 0 Å². The molecule has 4 aromatic carbocycles. The molecule has 0 saturated heterocycles. The Bertz CT molecular complexity index is 2060. The van der Waals surface area contributed by atoms with Crippen molar-refractivity contribution in [2.45, 2.75) is 97.0 Å². The summed E-state index contributed by atoms with van der Waals surface area (Å²) in [6.45, 7) is 23.9. The summed E-state index contributed by atoms with van der Waals surface area (Å²) in [6, 6.07) is 33.0. The van der Waals surface area contributed by atoms with Gasteiger partial charge in [0, 0.05) is 62.1 Å². The average Bonchev–Trinajstić information content (AvgIpc) is 4.18. The fourth-order valence-corrected chi connectivity index (χ4v) is 16.1. The van der Waals surface area contributed by atoms with E-state index in [2.05, 4.69) is 231 Å². The fourth-order valence-electron chi connectivity index (χ4n) is 9.80. The monoisotopic (exact) mass is 1050 g/mol. The minimum absolute atomic E-state index is 0. The SMILES string of the molecule is Cc1cc(C(C)(C)P([C]2[CH][CH][CH][C]2[C@H](C)N(C)C)c2ccccc2)cc2c1Oc1c(C)cc(C(C)(C)P([C]3[CH][CH][CH][C]3[C@H](C)N(C)C)c3ccccc3)cc1C2(C)C.[CH]1[CH][CH][CH][CH]1.[CH]1[CH][CH][CH][CH]1.[Fe+2].[Fe+2]. The van der Waals surface area contributed by atoms with Crippen LogP contribution >= 0.6 is 15.8 Å². The maximum Gasteiger partial charge on any atom is 2.00 e. The summed E-state index contributed by atoms with van der Waals surface area (Å²) in [7, 11) is 7.20. The van der Waals surface area contributed by atoms with Crippen LogP contribution in [0, 0.1) is 140 Å². The van der Waals surface area contributed by atoms with Crippen molar-refractivity contribution < 1.29 is 38.9 Å². The second-order valence-corrected chi connectivity index (χ2v) is 26.0. The van der Waals surface area contributed by atoms with Crippen LogP contribution in [-0.4, -0.2) is 50.1 Å². The van der Waals surface area contributed by atoms with Gasteiger partial charge in [0.15, 0.2) is 0 Å². The number of fused-ring (bicyclic) bond motifs is 2. The number of aryl methyl sites for hydroxylation is 2. The van der Waals surface area contributed by atoms with Crippen LogP contribution in [0.1, 0.15) is 88.8 Å². The van der Waals surface area contributed by atoms with Gasteiger partial charge in [-0.2, -0.15) is 0 Å². The van der Waals surface area contributed by atoms with Crippen molar-refractivity contribution >= 4 is 26.5 Å². The normalized spacial score (nSPS) is 20.2. The summed E-state index contributed by atoms with van der Waals surface area (Å²) in [5, 5.41) is 2.47. The Morgan fingerprint density at radius 3 is 1.09 bits per heavy atom. The van der Waals surface area contributed by atoms with Crippen LogP contribution in [0.4, 0.5) is 0 Å². The summed E-state index contributed by atoms with van der Waals surface area (Å²) >= 11 is 0. The van der Waals surface area contributed by atoms with Crippen molar-refractivity contribution in [1.82, 2.24) is 9.80 Å². The van der Waals surface area contributed by atoms with E-state index in [0.29, 0.717) is 12.1 Å². The van der Waals surface area contributed by atoms with Gasteiger partial charge in [0.2, 0.25) is 0 Å². The molecule has 7 heteroatoms. The van der Waals surface area contributed by atoms with Crippen molar-refractivity contribution in [2.24, 2.45) is 0 Å². The molecule has 4 aliphatic carbocycles. The molecule has 2 unspecified atom stereocenters. The first-order valence-corrected chi connectivity index (χ1v) is 26.9. The quantitative estimate of drug-likeness (QED) is 0.104. The van der Waals surface area contributed by atoms with Crippen LogP contribution in [0.15, 0.2) is 84.9 Å². The third kappa shape index (κ3) is 12.9. The van der Waals surface area contributed by atoms with E-state index in [1.165, 1.54) is 67.1 Å². The molecule has 4 saturated carbocycles. The Hall–Kier alpha value is -1.50. The number of rotatable bonds is 12. The molecule has 1 heterocycles. The maximum atomic E-state index is 7.10. The first kappa shape index (κ1) is 59.4. The number of ether oxygens (including phenoxy) is 1. The molecule has 1 aliphatic heterocycles. The average molecular weight is 1050 g/mol. The summed E-state index contributed by atoms with van der Waals surface area (Å²) < 4.78 is 7.10. The van der Waals surface area contributed by atoms with Gasteiger partial charge < -0.3 is 14.5 Å². The van der Waals surface area contributed by atoms with Crippen LogP contribution in [0.2, 0.25) is 0 Å². The van der Waals surface area contributed by atoms with Crippen LogP contribution in [-0.2, 0) is 49.9 Å². The Kier molecular flexibility index (Phi) is 21.9. The number of nitrogens with zero attached hydrogens (tertiary/aromatic N) is 2.